The molecule has 7 heteroatoms. The Bertz CT molecular complexity index is 1060. The topological polar surface area (TPSA) is 86.3 Å². The smallest absolute Gasteiger partial charge is 0.411 e. The molecule has 0 aliphatic rings. The molecule has 2 aromatic carbocycles. The number of nitrogens with one attached hydrogen (secondary N) is 1. The van der Waals surface area contributed by atoms with E-state index in [0.717, 1.165) is 16.8 Å². The van der Waals surface area contributed by atoms with E-state index < -0.39 is 6.09 Å². The number of anilines is 1. The standard InChI is InChI=1S/C22H25N3O3.ClH/c1-14(2)13-25-18(12-23)19(15-8-5-4-6-9-15)20-16(21(25)26)10-7-11-17(20)24-22(27)28-3;/h4-11,14H,12-13,23H2,1-3H3,(H,24,27);1H. The van der Waals surface area contributed by atoms with Gasteiger partial charge in [-0.3, -0.25) is 10.1 Å². The van der Waals surface area contributed by atoms with E-state index >= 15 is 0 Å². The van der Waals surface area contributed by atoms with Crippen molar-refractivity contribution >= 4 is 35.0 Å². The predicted molar refractivity (Wildman–Crippen MR) is 120 cm³/mol. The number of nitrogens with two attached hydrogens (primary N) is 1. The molecule has 0 atom stereocenters. The molecule has 0 fully saturated rings. The second-order valence-electron chi connectivity index (χ2n) is 7.05. The van der Waals surface area contributed by atoms with E-state index in [4.69, 9.17) is 10.5 Å². The van der Waals surface area contributed by atoms with Crippen molar-refractivity contribution in [2.24, 2.45) is 11.7 Å². The molecule has 0 saturated carbocycles. The summed E-state index contributed by atoms with van der Waals surface area (Å²) in [4.78, 5) is 25.2. The lowest BCUT2D eigenvalue weighted by molar-refractivity contribution is 0.187. The molecule has 0 aliphatic carbocycles. The first-order valence-corrected chi connectivity index (χ1v) is 9.26. The Morgan fingerprint density at radius 1 is 1.14 bits per heavy atom. The average molecular weight is 416 g/mol. The Labute approximate surface area is 176 Å². The van der Waals surface area contributed by atoms with Crippen LogP contribution in [-0.4, -0.2) is 17.8 Å². The highest BCUT2D eigenvalue weighted by atomic mass is 35.5. The van der Waals surface area contributed by atoms with Crippen LogP contribution in [-0.2, 0) is 17.8 Å². The second-order valence-corrected chi connectivity index (χ2v) is 7.05. The number of fused-ring (bicyclic) bond motifs is 1. The highest BCUT2D eigenvalue weighted by Crippen LogP contribution is 2.35. The number of ether oxygens (including phenoxy) is 1. The van der Waals surface area contributed by atoms with E-state index in [-0.39, 0.29) is 30.4 Å². The summed E-state index contributed by atoms with van der Waals surface area (Å²) in [7, 11) is 1.31. The van der Waals surface area contributed by atoms with Crippen molar-refractivity contribution in [1.29, 1.82) is 0 Å². The number of pyridine rings is 1. The zero-order valence-corrected chi connectivity index (χ0v) is 17.6. The van der Waals surface area contributed by atoms with Gasteiger partial charge in [-0.15, -0.1) is 12.4 Å². The van der Waals surface area contributed by atoms with E-state index in [9.17, 15) is 9.59 Å². The minimum absolute atomic E-state index is 0. The summed E-state index contributed by atoms with van der Waals surface area (Å²) in [5.74, 6) is 0.278. The summed E-state index contributed by atoms with van der Waals surface area (Å²) in [5.41, 5.74) is 9.07. The number of carbonyl (C=O) groups excluding carboxylic acids is 1. The molecule has 29 heavy (non-hydrogen) atoms. The predicted octanol–water partition coefficient (Wildman–Crippen LogP) is 4.38. The minimum Gasteiger partial charge on any atom is -0.453 e. The molecule has 154 valence electrons. The van der Waals surface area contributed by atoms with Gasteiger partial charge in [-0.25, -0.2) is 4.79 Å². The first kappa shape index (κ1) is 22.5. The molecule has 0 unspecified atom stereocenters. The van der Waals surface area contributed by atoms with Crippen LogP contribution >= 0.6 is 12.4 Å². The van der Waals surface area contributed by atoms with Crippen LogP contribution < -0.4 is 16.6 Å². The third-order valence-corrected chi connectivity index (χ3v) is 4.63. The Balaban J connectivity index is 0.00000300. The van der Waals surface area contributed by atoms with E-state index in [1.165, 1.54) is 7.11 Å². The minimum atomic E-state index is -0.591. The van der Waals surface area contributed by atoms with Crippen LogP contribution in [0.15, 0.2) is 53.3 Å². The van der Waals surface area contributed by atoms with Gasteiger partial charge in [0, 0.05) is 35.1 Å². The van der Waals surface area contributed by atoms with Gasteiger partial charge in [0.25, 0.3) is 5.56 Å². The van der Waals surface area contributed by atoms with E-state index in [0.29, 0.717) is 23.0 Å². The fraction of sp³-hybridized carbons (Fsp3) is 0.273. The number of nitrogens with zero attached hydrogens (tertiary/aromatic N) is 1. The molecule has 0 bridgehead atoms. The summed E-state index contributed by atoms with van der Waals surface area (Å²) in [5, 5.41) is 3.94. The number of methoxy groups -OCH3 is 1. The van der Waals surface area contributed by atoms with Gasteiger partial charge in [-0.1, -0.05) is 50.2 Å². The largest absolute Gasteiger partial charge is 0.453 e. The third kappa shape index (κ3) is 4.44. The Hall–Kier alpha value is -2.83. The molecular weight excluding hydrogens is 390 g/mol. The molecule has 0 radical (unpaired) electrons. The molecule has 3 aromatic rings. The fourth-order valence-electron chi connectivity index (χ4n) is 3.50. The Morgan fingerprint density at radius 3 is 2.41 bits per heavy atom. The summed E-state index contributed by atoms with van der Waals surface area (Å²) < 4.78 is 6.51. The zero-order chi connectivity index (χ0) is 20.3. The van der Waals surface area contributed by atoms with Crippen molar-refractivity contribution in [3.8, 4) is 11.1 Å². The maximum Gasteiger partial charge on any atom is 0.411 e. The highest BCUT2D eigenvalue weighted by Gasteiger charge is 2.20. The zero-order valence-electron chi connectivity index (χ0n) is 16.8. The molecule has 3 rings (SSSR count). The second kappa shape index (κ2) is 9.58. The van der Waals surface area contributed by atoms with E-state index in [2.05, 4.69) is 19.2 Å². The first-order chi connectivity index (χ1) is 13.5. The highest BCUT2D eigenvalue weighted by molar-refractivity contribution is 6.08. The van der Waals surface area contributed by atoms with Crippen molar-refractivity contribution < 1.29 is 9.53 Å². The van der Waals surface area contributed by atoms with Crippen molar-refractivity contribution in [2.45, 2.75) is 26.9 Å². The number of halogens is 1. The molecule has 6 nitrogen and oxygen atoms in total. The van der Waals surface area contributed by atoms with Gasteiger partial charge in [0.05, 0.1) is 12.8 Å². The quantitative estimate of drug-likeness (QED) is 0.647. The van der Waals surface area contributed by atoms with Crippen LogP contribution in [0.3, 0.4) is 0 Å². The maximum absolute atomic E-state index is 13.3. The Morgan fingerprint density at radius 2 is 1.83 bits per heavy atom. The van der Waals surface area contributed by atoms with Gasteiger partial charge in [0.2, 0.25) is 0 Å². The third-order valence-electron chi connectivity index (χ3n) is 4.63. The van der Waals surface area contributed by atoms with Gasteiger partial charge in [0.15, 0.2) is 0 Å². The molecule has 0 aliphatic heterocycles. The van der Waals surface area contributed by atoms with Crippen LogP contribution in [0.4, 0.5) is 10.5 Å². The lowest BCUT2D eigenvalue weighted by Gasteiger charge is -2.22. The van der Waals surface area contributed by atoms with Gasteiger partial charge >= 0.3 is 6.09 Å². The number of amides is 1. The van der Waals surface area contributed by atoms with Crippen LogP contribution in [0.1, 0.15) is 19.5 Å². The lowest BCUT2D eigenvalue weighted by Crippen LogP contribution is -2.28. The summed E-state index contributed by atoms with van der Waals surface area (Å²) in [6, 6.07) is 15.1. The normalized spacial score (nSPS) is 10.7. The van der Waals surface area contributed by atoms with Crippen LogP contribution in [0.5, 0.6) is 0 Å². The summed E-state index contributed by atoms with van der Waals surface area (Å²) >= 11 is 0. The van der Waals surface area contributed by atoms with Crippen molar-refractivity contribution in [2.75, 3.05) is 12.4 Å². The number of carbonyl (C=O) groups is 1. The Kier molecular flexibility index (Phi) is 7.42. The van der Waals surface area contributed by atoms with Crippen LogP contribution in [0, 0.1) is 5.92 Å². The molecule has 0 spiro atoms. The summed E-state index contributed by atoms with van der Waals surface area (Å²) in [6.45, 7) is 4.90. The number of hydrogen-bond acceptors (Lipinski definition) is 4. The van der Waals surface area contributed by atoms with Crippen molar-refractivity contribution in [1.82, 2.24) is 4.57 Å². The van der Waals surface area contributed by atoms with E-state index in [1.807, 2.05) is 30.3 Å². The summed E-state index contributed by atoms with van der Waals surface area (Å²) in [6.07, 6.45) is -0.591. The molecular formula is C22H26ClN3O3. The molecule has 3 N–H and O–H groups in total. The number of rotatable bonds is 5. The van der Waals surface area contributed by atoms with Crippen LogP contribution in [0.25, 0.3) is 21.9 Å². The fourth-order valence-corrected chi connectivity index (χ4v) is 3.50. The lowest BCUT2D eigenvalue weighted by atomic mass is 9.95. The van der Waals surface area contributed by atoms with E-state index in [1.54, 1.807) is 22.8 Å². The van der Waals surface area contributed by atoms with Gasteiger partial charge < -0.3 is 15.0 Å². The van der Waals surface area contributed by atoms with Crippen molar-refractivity contribution in [3.05, 3.63) is 64.6 Å². The number of benzene rings is 2. The van der Waals surface area contributed by atoms with Crippen LogP contribution in [0.2, 0.25) is 0 Å². The molecule has 1 aromatic heterocycles. The average Bonchev–Trinajstić information content (AvgIpc) is 2.70. The molecule has 1 heterocycles. The molecule has 1 amide bonds. The first-order valence-electron chi connectivity index (χ1n) is 9.26. The number of hydrogen-bond donors (Lipinski definition) is 2. The van der Waals surface area contributed by atoms with Gasteiger partial charge in [-0.05, 0) is 23.6 Å². The SMILES string of the molecule is COC(=O)Nc1cccc2c(=O)n(CC(C)C)c(CN)c(-c3ccccc3)c12.Cl. The van der Waals surface area contributed by atoms with Gasteiger partial charge in [-0.2, -0.15) is 0 Å². The molecule has 0 saturated heterocycles. The maximum atomic E-state index is 13.3. The van der Waals surface area contributed by atoms with Gasteiger partial charge in [0.1, 0.15) is 0 Å². The monoisotopic (exact) mass is 415 g/mol. The van der Waals surface area contributed by atoms with Crippen molar-refractivity contribution in [3.63, 3.8) is 0 Å². The number of aromatic nitrogens is 1.